The number of nitrogens with two attached hydrogens (primary N) is 1. The number of ether oxygens (including phenoxy) is 3. The summed E-state index contributed by atoms with van der Waals surface area (Å²) in [5.74, 6) is 0.672. The molecule has 1 aromatic carbocycles. The molecule has 120 valence electrons. The second kappa shape index (κ2) is 10.7. The van der Waals surface area contributed by atoms with Crippen molar-refractivity contribution in [3.05, 3.63) is 35.4 Å². The molecule has 0 aliphatic carbocycles. The lowest BCUT2D eigenvalue weighted by molar-refractivity contribution is 0.0216. The molecule has 2 N–H and O–H groups in total. The maximum absolute atomic E-state index is 6.12. The first kappa shape index (κ1) is 18.1. The van der Waals surface area contributed by atoms with E-state index in [0.717, 1.165) is 12.0 Å². The fourth-order valence-electron chi connectivity index (χ4n) is 2.04. The smallest absolute Gasteiger partial charge is 0.0701 e. The molecule has 4 nitrogen and oxygen atoms in total. The average molecular weight is 295 g/mol. The third kappa shape index (κ3) is 8.17. The Morgan fingerprint density at radius 2 is 1.57 bits per heavy atom. The Hall–Kier alpha value is -0.940. The molecule has 0 saturated heterocycles. The highest BCUT2D eigenvalue weighted by atomic mass is 16.5. The molecule has 0 fully saturated rings. The van der Waals surface area contributed by atoms with Crippen molar-refractivity contribution in [2.24, 2.45) is 11.7 Å². The van der Waals surface area contributed by atoms with Crippen LogP contribution in [-0.4, -0.2) is 40.1 Å². The fourth-order valence-corrected chi connectivity index (χ4v) is 2.04. The molecular formula is C17H29NO3. The zero-order valence-electron chi connectivity index (χ0n) is 13.5. The van der Waals surface area contributed by atoms with Crippen molar-refractivity contribution in [3.8, 4) is 0 Å². The molecule has 0 radical (unpaired) electrons. The molecule has 0 aliphatic rings. The quantitative estimate of drug-likeness (QED) is 0.638. The lowest BCUT2D eigenvalue weighted by atomic mass is 10.00. The van der Waals surface area contributed by atoms with Gasteiger partial charge in [0.2, 0.25) is 0 Å². The SMILES string of the molecule is COCCOCCOCC(N)c1ccc(CC(C)C)cc1. The van der Waals surface area contributed by atoms with Gasteiger partial charge in [-0.1, -0.05) is 38.1 Å². The summed E-state index contributed by atoms with van der Waals surface area (Å²) < 4.78 is 15.7. The van der Waals surface area contributed by atoms with Gasteiger partial charge in [-0.05, 0) is 23.5 Å². The summed E-state index contributed by atoms with van der Waals surface area (Å²) in [7, 11) is 1.66. The van der Waals surface area contributed by atoms with Crippen LogP contribution >= 0.6 is 0 Å². The summed E-state index contributed by atoms with van der Waals surface area (Å²) in [6, 6.07) is 8.42. The maximum Gasteiger partial charge on any atom is 0.0701 e. The van der Waals surface area contributed by atoms with Crippen LogP contribution in [0.25, 0.3) is 0 Å². The van der Waals surface area contributed by atoms with Gasteiger partial charge in [-0.3, -0.25) is 0 Å². The van der Waals surface area contributed by atoms with Gasteiger partial charge in [-0.25, -0.2) is 0 Å². The molecular weight excluding hydrogens is 266 g/mol. The molecule has 1 unspecified atom stereocenters. The lowest BCUT2D eigenvalue weighted by Crippen LogP contribution is -2.19. The van der Waals surface area contributed by atoms with E-state index in [1.54, 1.807) is 7.11 Å². The number of benzene rings is 1. The topological polar surface area (TPSA) is 53.7 Å². The van der Waals surface area contributed by atoms with Gasteiger partial charge >= 0.3 is 0 Å². The highest BCUT2D eigenvalue weighted by Crippen LogP contribution is 2.14. The Morgan fingerprint density at radius 3 is 2.19 bits per heavy atom. The summed E-state index contributed by atoms with van der Waals surface area (Å²) in [6.45, 7) is 7.30. The maximum atomic E-state index is 6.12. The predicted molar refractivity (Wildman–Crippen MR) is 85.4 cm³/mol. The van der Waals surface area contributed by atoms with Gasteiger partial charge in [0.05, 0.1) is 39.1 Å². The van der Waals surface area contributed by atoms with Crippen LogP contribution in [0, 0.1) is 5.92 Å². The monoisotopic (exact) mass is 295 g/mol. The van der Waals surface area contributed by atoms with Crippen LogP contribution < -0.4 is 5.73 Å². The first-order chi connectivity index (χ1) is 10.1. The Labute approximate surface area is 128 Å². The van der Waals surface area contributed by atoms with Crippen molar-refractivity contribution in [1.29, 1.82) is 0 Å². The fraction of sp³-hybridized carbons (Fsp3) is 0.647. The van der Waals surface area contributed by atoms with Crippen molar-refractivity contribution >= 4 is 0 Å². The van der Waals surface area contributed by atoms with E-state index in [1.165, 1.54) is 5.56 Å². The Bertz CT molecular complexity index is 365. The highest BCUT2D eigenvalue weighted by molar-refractivity contribution is 5.25. The van der Waals surface area contributed by atoms with Gasteiger partial charge in [0, 0.05) is 7.11 Å². The van der Waals surface area contributed by atoms with E-state index in [1.807, 2.05) is 0 Å². The minimum absolute atomic E-state index is 0.0860. The summed E-state index contributed by atoms with van der Waals surface area (Å²) in [6.07, 6.45) is 1.10. The van der Waals surface area contributed by atoms with Crippen molar-refractivity contribution < 1.29 is 14.2 Å². The molecule has 0 aromatic heterocycles. The van der Waals surface area contributed by atoms with E-state index in [4.69, 9.17) is 19.9 Å². The average Bonchev–Trinajstić information content (AvgIpc) is 2.46. The van der Waals surface area contributed by atoms with Crippen LogP contribution in [0.5, 0.6) is 0 Å². The Kier molecular flexibility index (Phi) is 9.26. The molecule has 4 heteroatoms. The molecule has 1 atom stereocenters. The van der Waals surface area contributed by atoms with Crippen LogP contribution in [0.3, 0.4) is 0 Å². The first-order valence-corrected chi connectivity index (χ1v) is 7.62. The van der Waals surface area contributed by atoms with Gasteiger partial charge in [0.1, 0.15) is 0 Å². The Morgan fingerprint density at radius 1 is 0.952 bits per heavy atom. The molecule has 0 heterocycles. The number of hydrogen-bond donors (Lipinski definition) is 1. The van der Waals surface area contributed by atoms with Crippen molar-refractivity contribution in [2.45, 2.75) is 26.3 Å². The van der Waals surface area contributed by atoms with Crippen molar-refractivity contribution in [2.75, 3.05) is 40.1 Å². The van der Waals surface area contributed by atoms with Gasteiger partial charge < -0.3 is 19.9 Å². The second-order valence-electron chi connectivity index (χ2n) is 5.63. The van der Waals surface area contributed by atoms with Gasteiger partial charge in [0.15, 0.2) is 0 Å². The van der Waals surface area contributed by atoms with Crippen LogP contribution in [0.4, 0.5) is 0 Å². The summed E-state index contributed by atoms with van der Waals surface area (Å²) >= 11 is 0. The predicted octanol–water partition coefficient (Wildman–Crippen LogP) is 2.56. The van der Waals surface area contributed by atoms with Crippen LogP contribution in [-0.2, 0) is 20.6 Å². The van der Waals surface area contributed by atoms with Gasteiger partial charge in [0.25, 0.3) is 0 Å². The van der Waals surface area contributed by atoms with E-state index < -0.39 is 0 Å². The van der Waals surface area contributed by atoms with Crippen molar-refractivity contribution in [1.82, 2.24) is 0 Å². The zero-order valence-corrected chi connectivity index (χ0v) is 13.5. The van der Waals surface area contributed by atoms with E-state index in [9.17, 15) is 0 Å². The van der Waals surface area contributed by atoms with Gasteiger partial charge in [-0.2, -0.15) is 0 Å². The largest absolute Gasteiger partial charge is 0.382 e. The Balaban J connectivity index is 2.21. The molecule has 0 aliphatic heterocycles. The molecule has 0 amide bonds. The van der Waals surface area contributed by atoms with Gasteiger partial charge in [-0.15, -0.1) is 0 Å². The highest BCUT2D eigenvalue weighted by Gasteiger charge is 2.06. The number of hydrogen-bond acceptors (Lipinski definition) is 4. The third-order valence-corrected chi connectivity index (χ3v) is 3.15. The second-order valence-corrected chi connectivity index (χ2v) is 5.63. The van der Waals surface area contributed by atoms with Crippen LogP contribution in [0.15, 0.2) is 24.3 Å². The van der Waals surface area contributed by atoms with Crippen molar-refractivity contribution in [3.63, 3.8) is 0 Å². The summed E-state index contributed by atoms with van der Waals surface area (Å²) in [5.41, 5.74) is 8.59. The number of methoxy groups -OCH3 is 1. The van der Waals surface area contributed by atoms with Crippen LogP contribution in [0.1, 0.15) is 31.0 Å². The third-order valence-electron chi connectivity index (χ3n) is 3.15. The molecule has 0 bridgehead atoms. The standard InChI is InChI=1S/C17H29NO3/c1-14(2)12-15-4-6-16(7-5-15)17(18)13-21-11-10-20-9-8-19-3/h4-7,14,17H,8-13,18H2,1-3H3. The number of rotatable bonds is 11. The van der Waals surface area contributed by atoms with E-state index >= 15 is 0 Å². The summed E-state index contributed by atoms with van der Waals surface area (Å²) in [5, 5.41) is 0. The molecule has 1 rings (SSSR count). The molecule has 0 saturated carbocycles. The molecule has 21 heavy (non-hydrogen) atoms. The van der Waals surface area contributed by atoms with E-state index in [-0.39, 0.29) is 6.04 Å². The molecule has 0 spiro atoms. The molecule has 1 aromatic rings. The lowest BCUT2D eigenvalue weighted by Gasteiger charge is -2.14. The minimum Gasteiger partial charge on any atom is -0.382 e. The zero-order chi connectivity index (χ0) is 15.5. The van der Waals surface area contributed by atoms with E-state index in [0.29, 0.717) is 39.0 Å². The van der Waals surface area contributed by atoms with Crippen LogP contribution in [0.2, 0.25) is 0 Å². The first-order valence-electron chi connectivity index (χ1n) is 7.62. The normalized spacial score (nSPS) is 12.8. The minimum atomic E-state index is -0.0860. The van der Waals surface area contributed by atoms with E-state index in [2.05, 4.69) is 38.1 Å². The summed E-state index contributed by atoms with van der Waals surface area (Å²) in [4.78, 5) is 0.